The Balaban J connectivity index is 5.86. The van der Waals surface area contributed by atoms with Crippen LogP contribution in [0.4, 0.5) is 0 Å². The van der Waals surface area contributed by atoms with Gasteiger partial charge in [0.1, 0.15) is 44.7 Å². The van der Waals surface area contributed by atoms with Crippen molar-refractivity contribution in [3.05, 3.63) is 0 Å². The quantitative estimate of drug-likeness (QED) is 0.0246. The second kappa shape index (κ2) is 41.5. The van der Waals surface area contributed by atoms with Gasteiger partial charge in [0.25, 0.3) is 0 Å². The molecule has 0 fully saturated rings. The van der Waals surface area contributed by atoms with Gasteiger partial charge in [-0.1, -0.05) is 156 Å². The SMILES string of the molecule is CCCCCCCCCCOC(=O)CC(=O)OCC(COC(=O)CCCN(C)C)(COC(=O)CC(=O)OCCCCCCCCCC)COC(=O)CC(CCCCC)CCCCC. The van der Waals surface area contributed by atoms with E-state index in [1.165, 1.54) is 51.4 Å². The molecule has 0 amide bonds. The van der Waals surface area contributed by atoms with Crippen LogP contribution in [0.25, 0.3) is 0 Å². The molecule has 0 atom stereocenters. The molecule has 0 aromatic rings. The lowest BCUT2D eigenvalue weighted by Gasteiger charge is -2.32. The third-order valence-electron chi connectivity index (χ3n) is 11.1. The summed E-state index contributed by atoms with van der Waals surface area (Å²) in [7, 11) is 3.79. The average Bonchev–Trinajstić information content (AvgIpc) is 3.24. The van der Waals surface area contributed by atoms with Crippen LogP contribution < -0.4 is 0 Å². The van der Waals surface area contributed by atoms with Gasteiger partial charge in [-0.15, -0.1) is 0 Å². The summed E-state index contributed by atoms with van der Waals surface area (Å²) >= 11 is 0. The molecule has 0 aromatic heterocycles. The smallest absolute Gasteiger partial charge is 0.317 e. The first-order valence-electron chi connectivity index (χ1n) is 25.0. The monoisotopic (exact) mass is 898 g/mol. The van der Waals surface area contributed by atoms with Gasteiger partial charge in [0.05, 0.1) is 13.2 Å². The first kappa shape index (κ1) is 59.8. The van der Waals surface area contributed by atoms with Gasteiger partial charge >= 0.3 is 35.8 Å². The number of unbranched alkanes of at least 4 members (excludes halogenated alkanes) is 18. The molecule has 0 spiro atoms. The summed E-state index contributed by atoms with van der Waals surface area (Å²) in [5.41, 5.74) is -1.54. The Morgan fingerprint density at radius 2 is 0.730 bits per heavy atom. The van der Waals surface area contributed by atoms with Crippen molar-refractivity contribution in [1.82, 2.24) is 4.90 Å². The van der Waals surface area contributed by atoms with Crippen LogP contribution in [0.1, 0.15) is 214 Å². The van der Waals surface area contributed by atoms with Crippen molar-refractivity contribution in [3.8, 4) is 0 Å². The second-order valence-electron chi connectivity index (χ2n) is 17.9. The summed E-state index contributed by atoms with van der Waals surface area (Å²) in [5, 5.41) is 0. The van der Waals surface area contributed by atoms with Crippen molar-refractivity contribution in [2.45, 2.75) is 214 Å². The molecule has 0 aliphatic carbocycles. The van der Waals surface area contributed by atoms with Gasteiger partial charge in [-0.2, -0.15) is 0 Å². The maximum Gasteiger partial charge on any atom is 0.317 e. The number of rotatable bonds is 44. The molecule has 63 heavy (non-hydrogen) atoms. The Morgan fingerprint density at radius 3 is 1.13 bits per heavy atom. The molecule has 13 nitrogen and oxygen atoms in total. The highest BCUT2D eigenvalue weighted by Gasteiger charge is 2.38. The van der Waals surface area contributed by atoms with Crippen molar-refractivity contribution in [2.75, 3.05) is 60.3 Å². The Morgan fingerprint density at radius 1 is 0.397 bits per heavy atom. The molecule has 13 heteroatoms. The van der Waals surface area contributed by atoms with E-state index in [9.17, 15) is 28.8 Å². The molecule has 0 aliphatic rings. The van der Waals surface area contributed by atoms with Crippen LogP contribution in [-0.4, -0.2) is 101 Å². The first-order valence-corrected chi connectivity index (χ1v) is 25.0. The van der Waals surface area contributed by atoms with E-state index in [1.807, 2.05) is 19.0 Å². The second-order valence-corrected chi connectivity index (χ2v) is 17.9. The predicted molar refractivity (Wildman–Crippen MR) is 247 cm³/mol. The Hall–Kier alpha value is -3.22. The van der Waals surface area contributed by atoms with Crippen LogP contribution in [0, 0.1) is 11.3 Å². The van der Waals surface area contributed by atoms with Crippen molar-refractivity contribution < 1.29 is 57.2 Å². The fourth-order valence-corrected chi connectivity index (χ4v) is 7.09. The third kappa shape index (κ3) is 37.8. The summed E-state index contributed by atoms with van der Waals surface area (Å²) < 4.78 is 33.3. The lowest BCUT2D eigenvalue weighted by atomic mass is 9.91. The molecule has 368 valence electrons. The largest absolute Gasteiger partial charge is 0.465 e. The molecule has 0 rings (SSSR count). The topological polar surface area (TPSA) is 161 Å². The number of hydrogen-bond donors (Lipinski definition) is 0. The highest BCUT2D eigenvalue weighted by molar-refractivity contribution is 5.91. The van der Waals surface area contributed by atoms with E-state index in [1.54, 1.807) is 0 Å². The minimum absolute atomic E-state index is 0.0974. The zero-order chi connectivity index (χ0) is 46.8. The van der Waals surface area contributed by atoms with Crippen molar-refractivity contribution >= 4 is 35.8 Å². The molecule has 0 heterocycles. The minimum Gasteiger partial charge on any atom is -0.465 e. The Bertz CT molecular complexity index is 1130. The fraction of sp³-hybridized carbons (Fsp3) is 0.880. The lowest BCUT2D eigenvalue weighted by Crippen LogP contribution is -2.44. The molecule has 0 aliphatic heterocycles. The van der Waals surface area contributed by atoms with E-state index in [2.05, 4.69) is 27.7 Å². The van der Waals surface area contributed by atoms with Crippen LogP contribution in [0.2, 0.25) is 0 Å². The zero-order valence-electron chi connectivity index (χ0n) is 40.9. The van der Waals surface area contributed by atoms with Crippen molar-refractivity contribution in [1.29, 1.82) is 0 Å². The molecular formula is C50H91NO12. The maximum absolute atomic E-state index is 13.5. The summed E-state index contributed by atoms with van der Waals surface area (Å²) in [4.78, 5) is 79.5. The highest BCUT2D eigenvalue weighted by Crippen LogP contribution is 2.25. The number of esters is 6. The van der Waals surface area contributed by atoms with Gasteiger partial charge in [-0.05, 0) is 58.7 Å². The van der Waals surface area contributed by atoms with Crippen LogP contribution in [0.3, 0.4) is 0 Å². The molecule has 0 bridgehead atoms. The lowest BCUT2D eigenvalue weighted by molar-refractivity contribution is -0.172. The standard InChI is InChI=1S/C50H91NO12/c1-7-11-15-17-19-21-23-27-34-58-46(54)37-48(56)62-41-50(39-60-44(52)32-29-33-51(5)6,40-61-45(53)36-43(30-25-13-9-3)31-26-14-10-4)42-63-49(57)38-47(55)59-35-28-24-22-20-18-16-12-8-2/h43H,7-42H2,1-6H3. The maximum atomic E-state index is 13.5. The highest BCUT2D eigenvalue weighted by atomic mass is 16.6. The van der Waals surface area contributed by atoms with Gasteiger partial charge in [0.2, 0.25) is 0 Å². The third-order valence-corrected chi connectivity index (χ3v) is 11.1. The van der Waals surface area contributed by atoms with E-state index in [-0.39, 0.29) is 32.0 Å². The molecule has 0 radical (unpaired) electrons. The zero-order valence-corrected chi connectivity index (χ0v) is 40.9. The summed E-state index contributed by atoms with van der Waals surface area (Å²) in [6, 6.07) is 0. The minimum atomic E-state index is -1.54. The average molecular weight is 898 g/mol. The Kier molecular flexibility index (Phi) is 39.4. The number of carbonyl (C=O) groups excluding carboxylic acids is 6. The summed E-state index contributed by atoms with van der Waals surface area (Å²) in [5.74, 6) is -4.14. The molecule has 0 aromatic carbocycles. The van der Waals surface area contributed by atoms with Crippen LogP contribution >= 0.6 is 0 Å². The van der Waals surface area contributed by atoms with E-state index < -0.39 is 80.5 Å². The predicted octanol–water partition coefficient (Wildman–Crippen LogP) is 10.8. The van der Waals surface area contributed by atoms with Crippen molar-refractivity contribution in [2.24, 2.45) is 11.3 Å². The van der Waals surface area contributed by atoms with E-state index in [0.29, 0.717) is 25.8 Å². The van der Waals surface area contributed by atoms with E-state index in [4.69, 9.17) is 28.4 Å². The fourth-order valence-electron chi connectivity index (χ4n) is 7.09. The van der Waals surface area contributed by atoms with Crippen LogP contribution in [-0.2, 0) is 57.2 Å². The van der Waals surface area contributed by atoms with E-state index >= 15 is 0 Å². The number of nitrogens with zero attached hydrogens (tertiary/aromatic N) is 1. The van der Waals surface area contributed by atoms with Gasteiger partial charge in [0, 0.05) is 12.8 Å². The van der Waals surface area contributed by atoms with Gasteiger partial charge in [0.15, 0.2) is 0 Å². The molecular weight excluding hydrogens is 807 g/mol. The Labute approximate surface area is 382 Å². The molecule has 0 unspecified atom stereocenters. The van der Waals surface area contributed by atoms with Gasteiger partial charge in [-0.3, -0.25) is 28.8 Å². The summed E-state index contributed by atoms with van der Waals surface area (Å²) in [6.07, 6.45) is 24.9. The summed E-state index contributed by atoms with van der Waals surface area (Å²) in [6.45, 7) is 7.81. The number of hydrogen-bond acceptors (Lipinski definition) is 13. The van der Waals surface area contributed by atoms with Gasteiger partial charge in [-0.25, -0.2) is 0 Å². The molecule has 0 saturated heterocycles. The number of carbonyl (C=O) groups is 6. The van der Waals surface area contributed by atoms with Crippen molar-refractivity contribution in [3.63, 3.8) is 0 Å². The first-order chi connectivity index (χ1) is 30.4. The molecule has 0 N–H and O–H groups in total. The van der Waals surface area contributed by atoms with E-state index in [0.717, 1.165) is 89.9 Å². The van der Waals surface area contributed by atoms with Gasteiger partial charge < -0.3 is 33.3 Å². The van der Waals surface area contributed by atoms with Crippen LogP contribution in [0.5, 0.6) is 0 Å². The normalized spacial score (nSPS) is 11.4. The van der Waals surface area contributed by atoms with Crippen LogP contribution in [0.15, 0.2) is 0 Å². The molecule has 0 saturated carbocycles. The number of ether oxygens (including phenoxy) is 6.